The molecule has 1 aromatic carbocycles. The van der Waals surface area contributed by atoms with Crippen LogP contribution < -0.4 is 10.9 Å². The zero-order valence-electron chi connectivity index (χ0n) is 13.6. The Hall–Kier alpha value is -3.16. The van der Waals surface area contributed by atoms with E-state index in [2.05, 4.69) is 10.3 Å². The summed E-state index contributed by atoms with van der Waals surface area (Å²) >= 11 is 0. The van der Waals surface area contributed by atoms with Crippen LogP contribution in [-0.2, 0) is 16.1 Å². The van der Waals surface area contributed by atoms with E-state index in [0.29, 0.717) is 23.9 Å². The minimum atomic E-state index is -1.10. The quantitative estimate of drug-likeness (QED) is 0.701. The van der Waals surface area contributed by atoms with E-state index >= 15 is 0 Å². The van der Waals surface area contributed by atoms with Crippen molar-refractivity contribution in [1.82, 2.24) is 14.9 Å². The van der Waals surface area contributed by atoms with E-state index in [9.17, 15) is 14.4 Å². The van der Waals surface area contributed by atoms with Crippen molar-refractivity contribution < 1.29 is 19.1 Å². The van der Waals surface area contributed by atoms with Crippen molar-refractivity contribution in [3.63, 3.8) is 0 Å². The molecule has 2 heterocycles. The molecule has 3 rings (SSSR count). The highest BCUT2D eigenvalue weighted by molar-refractivity contribution is 6.01. The van der Waals surface area contributed by atoms with Gasteiger partial charge in [0.2, 0.25) is 11.5 Å². The maximum absolute atomic E-state index is 12.5. The lowest BCUT2D eigenvalue weighted by Crippen LogP contribution is -2.43. The number of carbonyl (C=O) groups excluding carboxylic acids is 1. The van der Waals surface area contributed by atoms with Gasteiger partial charge in [0.25, 0.3) is 5.56 Å². The lowest BCUT2D eigenvalue weighted by atomic mass is 10.1. The van der Waals surface area contributed by atoms with Crippen molar-refractivity contribution in [3.8, 4) is 0 Å². The molecule has 8 nitrogen and oxygen atoms in total. The fourth-order valence-corrected chi connectivity index (χ4v) is 2.67. The lowest BCUT2D eigenvalue weighted by molar-refractivity contribution is -0.142. The van der Waals surface area contributed by atoms with Crippen molar-refractivity contribution in [2.75, 3.05) is 0 Å². The number of benzene rings is 1. The Morgan fingerprint density at radius 3 is 2.84 bits per heavy atom. The van der Waals surface area contributed by atoms with Gasteiger partial charge in [0, 0.05) is 5.39 Å². The molecular formula is C17H17N3O5. The fourth-order valence-electron chi connectivity index (χ4n) is 2.67. The van der Waals surface area contributed by atoms with Crippen LogP contribution in [0.15, 0.2) is 39.8 Å². The third-order valence-corrected chi connectivity index (χ3v) is 3.88. The standard InChI is InChI=1S/C17H17N3O5/c1-2-5-11(17(23)24)19-13(21)8-20-9-18-14-10-6-3-4-7-12(10)25-15(14)16(20)22/h3-4,6-7,9,11H,2,5,8H2,1H3,(H,19,21)(H,23,24). The predicted molar refractivity (Wildman–Crippen MR) is 90.2 cm³/mol. The summed E-state index contributed by atoms with van der Waals surface area (Å²) < 4.78 is 6.64. The molecule has 3 aromatic rings. The molecular weight excluding hydrogens is 326 g/mol. The van der Waals surface area contributed by atoms with Crippen LogP contribution >= 0.6 is 0 Å². The minimum Gasteiger partial charge on any atom is -0.480 e. The van der Waals surface area contributed by atoms with Crippen LogP contribution in [0.3, 0.4) is 0 Å². The first-order valence-electron chi connectivity index (χ1n) is 7.90. The monoisotopic (exact) mass is 343 g/mol. The van der Waals surface area contributed by atoms with Crippen LogP contribution in [0, 0.1) is 0 Å². The number of para-hydroxylation sites is 1. The van der Waals surface area contributed by atoms with Gasteiger partial charge in [-0.1, -0.05) is 25.5 Å². The number of hydrogen-bond donors (Lipinski definition) is 2. The largest absolute Gasteiger partial charge is 0.480 e. The number of rotatable bonds is 6. The number of aliphatic carboxylic acids is 1. The number of carboxylic acids is 1. The minimum absolute atomic E-state index is 0.0693. The van der Waals surface area contributed by atoms with Gasteiger partial charge in [0.1, 0.15) is 23.7 Å². The molecule has 1 amide bonds. The van der Waals surface area contributed by atoms with Gasteiger partial charge < -0.3 is 14.8 Å². The first kappa shape index (κ1) is 16.7. The Kier molecular flexibility index (Phi) is 4.51. The van der Waals surface area contributed by atoms with E-state index in [1.165, 1.54) is 6.33 Å². The van der Waals surface area contributed by atoms with Crippen LogP contribution in [-0.4, -0.2) is 32.6 Å². The highest BCUT2D eigenvalue weighted by Crippen LogP contribution is 2.23. The zero-order chi connectivity index (χ0) is 18.0. The molecule has 0 spiro atoms. The summed E-state index contributed by atoms with van der Waals surface area (Å²) in [5.74, 6) is -1.67. The number of aromatic nitrogens is 2. The van der Waals surface area contributed by atoms with Gasteiger partial charge >= 0.3 is 5.97 Å². The Morgan fingerprint density at radius 2 is 2.12 bits per heavy atom. The number of amides is 1. The molecule has 0 aliphatic rings. The zero-order valence-corrected chi connectivity index (χ0v) is 13.6. The molecule has 1 unspecified atom stereocenters. The number of nitrogens with one attached hydrogen (secondary N) is 1. The molecule has 0 fully saturated rings. The smallest absolute Gasteiger partial charge is 0.326 e. The number of furan rings is 1. The molecule has 25 heavy (non-hydrogen) atoms. The average Bonchev–Trinajstić information content (AvgIpc) is 2.96. The molecule has 0 radical (unpaired) electrons. The Labute approximate surface area is 142 Å². The van der Waals surface area contributed by atoms with Crippen LogP contribution in [0.25, 0.3) is 22.1 Å². The molecule has 0 aliphatic carbocycles. The number of hydrogen-bond acceptors (Lipinski definition) is 5. The van der Waals surface area contributed by atoms with E-state index in [1.807, 2.05) is 13.0 Å². The van der Waals surface area contributed by atoms with E-state index in [4.69, 9.17) is 9.52 Å². The van der Waals surface area contributed by atoms with Gasteiger partial charge in [-0.05, 0) is 18.6 Å². The van der Waals surface area contributed by atoms with Gasteiger partial charge in [-0.3, -0.25) is 14.2 Å². The summed E-state index contributed by atoms with van der Waals surface area (Å²) in [5.41, 5.74) is 0.559. The molecule has 2 aromatic heterocycles. The molecule has 130 valence electrons. The average molecular weight is 343 g/mol. The summed E-state index contributed by atoms with van der Waals surface area (Å²) in [6.45, 7) is 1.50. The molecule has 0 bridgehead atoms. The summed E-state index contributed by atoms with van der Waals surface area (Å²) in [7, 11) is 0. The van der Waals surface area contributed by atoms with Crippen LogP contribution in [0.2, 0.25) is 0 Å². The summed E-state index contributed by atoms with van der Waals surface area (Å²) in [6, 6.07) is 6.16. The maximum Gasteiger partial charge on any atom is 0.326 e. The summed E-state index contributed by atoms with van der Waals surface area (Å²) in [4.78, 5) is 39.9. The van der Waals surface area contributed by atoms with E-state index in [0.717, 1.165) is 9.95 Å². The molecule has 0 saturated carbocycles. The number of fused-ring (bicyclic) bond motifs is 3. The first-order chi connectivity index (χ1) is 12.0. The van der Waals surface area contributed by atoms with Gasteiger partial charge in [-0.25, -0.2) is 9.78 Å². The highest BCUT2D eigenvalue weighted by Gasteiger charge is 2.20. The van der Waals surface area contributed by atoms with Crippen molar-refractivity contribution >= 4 is 33.9 Å². The summed E-state index contributed by atoms with van der Waals surface area (Å²) in [6.07, 6.45) is 2.20. The second kappa shape index (κ2) is 6.76. The second-order valence-electron chi connectivity index (χ2n) is 5.70. The Morgan fingerprint density at radius 1 is 1.36 bits per heavy atom. The molecule has 0 aliphatic heterocycles. The van der Waals surface area contributed by atoms with Crippen LogP contribution in [0.4, 0.5) is 0 Å². The topological polar surface area (TPSA) is 114 Å². The summed E-state index contributed by atoms with van der Waals surface area (Å²) in [5, 5.41) is 12.2. The van der Waals surface area contributed by atoms with Crippen molar-refractivity contribution in [2.24, 2.45) is 0 Å². The van der Waals surface area contributed by atoms with Crippen molar-refractivity contribution in [3.05, 3.63) is 40.9 Å². The lowest BCUT2D eigenvalue weighted by Gasteiger charge is -2.13. The van der Waals surface area contributed by atoms with E-state index < -0.39 is 23.5 Å². The van der Waals surface area contributed by atoms with Gasteiger partial charge in [-0.15, -0.1) is 0 Å². The molecule has 1 atom stereocenters. The number of nitrogens with zero attached hydrogens (tertiary/aromatic N) is 2. The maximum atomic E-state index is 12.5. The molecule has 0 saturated heterocycles. The molecule has 2 N–H and O–H groups in total. The highest BCUT2D eigenvalue weighted by atomic mass is 16.4. The third kappa shape index (κ3) is 3.23. The van der Waals surface area contributed by atoms with Crippen molar-refractivity contribution in [1.29, 1.82) is 0 Å². The Balaban J connectivity index is 1.88. The van der Waals surface area contributed by atoms with E-state index in [1.54, 1.807) is 18.2 Å². The van der Waals surface area contributed by atoms with Gasteiger partial charge in [-0.2, -0.15) is 0 Å². The SMILES string of the molecule is CCCC(NC(=O)Cn1cnc2c(oc3ccccc32)c1=O)C(=O)O. The van der Waals surface area contributed by atoms with E-state index in [-0.39, 0.29) is 12.1 Å². The third-order valence-electron chi connectivity index (χ3n) is 3.88. The normalized spacial score (nSPS) is 12.4. The van der Waals surface area contributed by atoms with Gasteiger partial charge in [0.05, 0.1) is 6.33 Å². The number of carboxylic acid groups (broad SMARTS) is 1. The second-order valence-corrected chi connectivity index (χ2v) is 5.70. The fraction of sp³-hybridized carbons (Fsp3) is 0.294. The van der Waals surface area contributed by atoms with Gasteiger partial charge in [0.15, 0.2) is 0 Å². The van der Waals surface area contributed by atoms with Crippen LogP contribution in [0.1, 0.15) is 19.8 Å². The first-order valence-corrected chi connectivity index (χ1v) is 7.90. The molecule has 8 heteroatoms. The predicted octanol–water partition coefficient (Wildman–Crippen LogP) is 1.51. The van der Waals surface area contributed by atoms with Crippen LogP contribution in [0.5, 0.6) is 0 Å². The Bertz CT molecular complexity index is 1000. The van der Waals surface area contributed by atoms with Crippen molar-refractivity contribution in [2.45, 2.75) is 32.4 Å². The number of carbonyl (C=O) groups is 2.